The van der Waals surface area contributed by atoms with Crippen molar-refractivity contribution >= 4 is 12.0 Å². The van der Waals surface area contributed by atoms with E-state index in [0.717, 1.165) is 19.3 Å². The van der Waals surface area contributed by atoms with Crippen LogP contribution in [0.5, 0.6) is 0 Å². The first-order valence-electron chi connectivity index (χ1n) is 7.40. The van der Waals surface area contributed by atoms with E-state index in [4.69, 9.17) is 9.47 Å². The van der Waals surface area contributed by atoms with Gasteiger partial charge in [0.05, 0.1) is 11.0 Å². The lowest BCUT2D eigenvalue weighted by atomic mass is 9.80. The van der Waals surface area contributed by atoms with Gasteiger partial charge in [0.1, 0.15) is 0 Å². The van der Waals surface area contributed by atoms with Gasteiger partial charge in [-0.3, -0.25) is 4.79 Å². The minimum atomic E-state index is -0.912. The van der Waals surface area contributed by atoms with Crippen molar-refractivity contribution in [2.24, 2.45) is 5.41 Å². The molecule has 0 unspecified atom stereocenters. The topological polar surface area (TPSA) is 96.9 Å². The van der Waals surface area contributed by atoms with E-state index in [9.17, 15) is 14.7 Å². The number of hydrogen-bond donors (Lipinski definition) is 3. The molecule has 0 aromatic rings. The second kappa shape index (κ2) is 6.62. The molecule has 7 heteroatoms. The molecule has 0 spiro atoms. The van der Waals surface area contributed by atoms with Gasteiger partial charge in [-0.2, -0.15) is 0 Å². The van der Waals surface area contributed by atoms with Gasteiger partial charge in [0, 0.05) is 33.4 Å². The summed E-state index contributed by atoms with van der Waals surface area (Å²) in [5.41, 5.74) is -1.15. The Kier molecular flexibility index (Phi) is 5.05. The molecule has 2 amide bonds. The molecular formula is C14H24N2O5. The van der Waals surface area contributed by atoms with E-state index in [2.05, 4.69) is 10.6 Å². The summed E-state index contributed by atoms with van der Waals surface area (Å²) in [5, 5.41) is 14.8. The number of carboxylic acid groups (broad SMARTS) is 1. The SMILES string of the molecule is COC1(CNC(=O)NCC2(C(=O)O)CCOCC2)CCC1. The number of rotatable bonds is 6. The van der Waals surface area contributed by atoms with Gasteiger partial charge in [0.25, 0.3) is 0 Å². The van der Waals surface area contributed by atoms with Gasteiger partial charge in [0.15, 0.2) is 0 Å². The molecule has 2 aliphatic rings. The van der Waals surface area contributed by atoms with Gasteiger partial charge >= 0.3 is 12.0 Å². The van der Waals surface area contributed by atoms with Crippen LogP contribution in [0.4, 0.5) is 4.79 Å². The third-order valence-corrected chi connectivity index (χ3v) is 4.76. The second-order valence-electron chi connectivity index (χ2n) is 5.97. The molecule has 0 aromatic carbocycles. The summed E-state index contributed by atoms with van der Waals surface area (Å²) < 4.78 is 10.6. The first-order valence-corrected chi connectivity index (χ1v) is 7.40. The fourth-order valence-electron chi connectivity index (χ4n) is 2.81. The van der Waals surface area contributed by atoms with Crippen LogP contribution in [0.25, 0.3) is 0 Å². The lowest BCUT2D eigenvalue weighted by Crippen LogP contribution is -2.53. The Hall–Kier alpha value is -1.34. The van der Waals surface area contributed by atoms with Crippen LogP contribution in [0.3, 0.4) is 0 Å². The molecule has 1 aliphatic heterocycles. The van der Waals surface area contributed by atoms with E-state index in [1.807, 2.05) is 0 Å². The summed E-state index contributed by atoms with van der Waals surface area (Å²) in [6, 6.07) is -0.342. The largest absolute Gasteiger partial charge is 0.481 e. The molecule has 1 aliphatic carbocycles. The van der Waals surface area contributed by atoms with Gasteiger partial charge in [-0.1, -0.05) is 0 Å². The minimum Gasteiger partial charge on any atom is -0.481 e. The Morgan fingerprint density at radius 3 is 2.24 bits per heavy atom. The first-order chi connectivity index (χ1) is 10.0. The maximum atomic E-state index is 11.9. The van der Waals surface area contributed by atoms with Crippen molar-refractivity contribution in [3.05, 3.63) is 0 Å². The van der Waals surface area contributed by atoms with E-state index in [1.54, 1.807) is 7.11 Å². The predicted octanol–water partition coefficient (Wildman–Crippen LogP) is 0.736. The summed E-state index contributed by atoms with van der Waals surface area (Å²) in [4.78, 5) is 23.3. The van der Waals surface area contributed by atoms with Crippen LogP contribution in [-0.4, -0.2) is 56.1 Å². The van der Waals surface area contributed by atoms with Crippen molar-refractivity contribution in [3.8, 4) is 0 Å². The highest BCUT2D eigenvalue weighted by Crippen LogP contribution is 2.34. The normalized spacial score (nSPS) is 22.9. The number of carboxylic acids is 1. The lowest BCUT2D eigenvalue weighted by molar-refractivity contribution is -0.154. The van der Waals surface area contributed by atoms with Crippen molar-refractivity contribution in [3.63, 3.8) is 0 Å². The Balaban J connectivity index is 1.78. The number of ether oxygens (including phenoxy) is 2. The van der Waals surface area contributed by atoms with Crippen LogP contribution in [-0.2, 0) is 14.3 Å². The molecule has 1 heterocycles. The Morgan fingerprint density at radius 1 is 1.14 bits per heavy atom. The van der Waals surface area contributed by atoms with E-state index < -0.39 is 11.4 Å². The lowest BCUT2D eigenvalue weighted by Gasteiger charge is -2.40. The molecule has 21 heavy (non-hydrogen) atoms. The van der Waals surface area contributed by atoms with Gasteiger partial charge in [-0.05, 0) is 32.1 Å². The fraction of sp³-hybridized carbons (Fsp3) is 0.857. The van der Waals surface area contributed by atoms with Crippen LogP contribution >= 0.6 is 0 Å². The number of aliphatic carboxylic acids is 1. The van der Waals surface area contributed by atoms with Crippen LogP contribution in [0.2, 0.25) is 0 Å². The van der Waals surface area contributed by atoms with E-state index in [1.165, 1.54) is 0 Å². The third-order valence-electron chi connectivity index (χ3n) is 4.76. The summed E-state index contributed by atoms with van der Waals surface area (Å²) in [6.45, 7) is 1.42. The molecule has 1 saturated carbocycles. The average molecular weight is 300 g/mol. The van der Waals surface area contributed by atoms with Crippen molar-refractivity contribution in [2.45, 2.75) is 37.7 Å². The highest BCUT2D eigenvalue weighted by Gasteiger charge is 2.41. The number of carbonyl (C=O) groups is 2. The van der Waals surface area contributed by atoms with Crippen LogP contribution in [0.1, 0.15) is 32.1 Å². The highest BCUT2D eigenvalue weighted by molar-refractivity contribution is 5.78. The molecule has 0 bridgehead atoms. The molecule has 7 nitrogen and oxygen atoms in total. The smallest absolute Gasteiger partial charge is 0.314 e. The van der Waals surface area contributed by atoms with Crippen molar-refractivity contribution in [1.29, 1.82) is 0 Å². The molecule has 2 fully saturated rings. The Morgan fingerprint density at radius 2 is 1.76 bits per heavy atom. The summed E-state index contributed by atoms with van der Waals surface area (Å²) in [6.07, 6.45) is 3.84. The van der Waals surface area contributed by atoms with Gasteiger partial charge in [0.2, 0.25) is 0 Å². The number of nitrogens with one attached hydrogen (secondary N) is 2. The van der Waals surface area contributed by atoms with Gasteiger partial charge in [-0.15, -0.1) is 0 Å². The number of carbonyl (C=O) groups excluding carboxylic acids is 1. The number of urea groups is 1. The Bertz CT molecular complexity index is 383. The van der Waals surface area contributed by atoms with Crippen LogP contribution in [0.15, 0.2) is 0 Å². The maximum absolute atomic E-state index is 11.9. The summed E-state index contributed by atoms with van der Waals surface area (Å²) in [5.74, 6) is -0.876. The molecule has 0 atom stereocenters. The van der Waals surface area contributed by atoms with Crippen molar-refractivity contribution in [1.82, 2.24) is 10.6 Å². The molecular weight excluding hydrogens is 276 g/mol. The standard InChI is InChI=1S/C14H24N2O5/c1-20-14(3-2-4-14)10-16-12(19)15-9-13(11(17)18)5-7-21-8-6-13/h2-10H2,1H3,(H,17,18)(H2,15,16,19). The minimum absolute atomic E-state index is 0.123. The first kappa shape index (κ1) is 16.0. The monoisotopic (exact) mass is 300 g/mol. The molecule has 120 valence electrons. The second-order valence-corrected chi connectivity index (χ2v) is 5.97. The van der Waals surface area contributed by atoms with E-state index in [-0.39, 0.29) is 18.2 Å². The molecule has 0 radical (unpaired) electrons. The zero-order valence-electron chi connectivity index (χ0n) is 12.4. The predicted molar refractivity (Wildman–Crippen MR) is 75.1 cm³/mol. The molecule has 1 saturated heterocycles. The summed E-state index contributed by atoms with van der Waals surface area (Å²) in [7, 11) is 1.65. The van der Waals surface area contributed by atoms with Gasteiger partial charge < -0.3 is 25.2 Å². The maximum Gasteiger partial charge on any atom is 0.314 e. The number of amides is 2. The summed E-state index contributed by atoms with van der Waals surface area (Å²) >= 11 is 0. The van der Waals surface area contributed by atoms with Crippen molar-refractivity contribution < 1.29 is 24.2 Å². The number of hydrogen-bond acceptors (Lipinski definition) is 4. The highest BCUT2D eigenvalue weighted by atomic mass is 16.5. The number of methoxy groups -OCH3 is 1. The van der Waals surface area contributed by atoms with E-state index in [0.29, 0.717) is 32.6 Å². The molecule has 2 rings (SSSR count). The third kappa shape index (κ3) is 3.65. The van der Waals surface area contributed by atoms with Crippen molar-refractivity contribution in [2.75, 3.05) is 33.4 Å². The Labute approximate surface area is 124 Å². The van der Waals surface area contributed by atoms with Crippen LogP contribution < -0.4 is 10.6 Å². The molecule has 3 N–H and O–H groups in total. The zero-order valence-corrected chi connectivity index (χ0v) is 12.4. The average Bonchev–Trinajstić information content (AvgIpc) is 2.45. The molecule has 0 aromatic heterocycles. The fourth-order valence-corrected chi connectivity index (χ4v) is 2.81. The van der Waals surface area contributed by atoms with Gasteiger partial charge in [-0.25, -0.2) is 4.79 Å². The quantitative estimate of drug-likeness (QED) is 0.672. The van der Waals surface area contributed by atoms with Crippen LogP contribution in [0, 0.1) is 5.41 Å². The zero-order chi connectivity index (χ0) is 15.3. The van der Waals surface area contributed by atoms with E-state index >= 15 is 0 Å².